The molecule has 0 aliphatic carbocycles. The molecule has 0 aliphatic rings. The Morgan fingerprint density at radius 2 is 1.10 bits per heavy atom. The van der Waals surface area contributed by atoms with Crippen LogP contribution in [0.4, 0.5) is 0 Å². The third-order valence-electron chi connectivity index (χ3n) is 5.57. The van der Waals surface area contributed by atoms with Crippen molar-refractivity contribution in [1.82, 2.24) is 0 Å². The summed E-state index contributed by atoms with van der Waals surface area (Å²) in [4.78, 5) is 33.2. The van der Waals surface area contributed by atoms with Crippen molar-refractivity contribution in [2.45, 2.75) is 96.8 Å². The van der Waals surface area contributed by atoms with Gasteiger partial charge < -0.3 is 24.6 Å². The third-order valence-corrected chi connectivity index (χ3v) is 5.57. The number of carbonyl (C=O) groups excluding carboxylic acids is 1. The van der Waals surface area contributed by atoms with E-state index in [1.54, 1.807) is 0 Å². The van der Waals surface area contributed by atoms with E-state index in [9.17, 15) is 19.5 Å². The second kappa shape index (κ2) is 18.8. The molecule has 0 atom stereocenters. The fourth-order valence-corrected chi connectivity index (χ4v) is 3.94. The normalized spacial score (nSPS) is 11.8. The van der Waals surface area contributed by atoms with Gasteiger partial charge >= 0.3 is 11.9 Å². The molecule has 0 saturated carbocycles. The number of carbonyl (C=O) groups is 3. The molecule has 0 bridgehead atoms. The number of carboxylic acids is 3. The van der Waals surface area contributed by atoms with E-state index in [0.29, 0.717) is 6.42 Å². The maximum atomic E-state index is 11.1. The van der Waals surface area contributed by atoms with E-state index in [-0.39, 0.29) is 6.54 Å². The Labute approximate surface area is 187 Å². The number of aliphatic carboxylic acids is 3. The minimum absolute atomic E-state index is 0.140. The molecule has 7 heteroatoms. The molecule has 0 aromatic carbocycles. The smallest absolute Gasteiger partial charge is 0.359 e. The molecular weight excluding hydrogens is 398 g/mol. The molecule has 2 N–H and O–H groups in total. The molecule has 0 rings (SSSR count). The summed E-state index contributed by atoms with van der Waals surface area (Å²) in [5.41, 5.74) is 0. The molecule has 0 unspecified atom stereocenters. The van der Waals surface area contributed by atoms with Crippen LogP contribution in [0.3, 0.4) is 0 Å². The first kappa shape index (κ1) is 29.1. The van der Waals surface area contributed by atoms with Gasteiger partial charge in [0.25, 0.3) is 0 Å². The van der Waals surface area contributed by atoms with Gasteiger partial charge in [0, 0.05) is 6.42 Å². The van der Waals surface area contributed by atoms with Crippen LogP contribution in [0.5, 0.6) is 0 Å². The van der Waals surface area contributed by atoms with Gasteiger partial charge in [-0.25, -0.2) is 9.59 Å². The van der Waals surface area contributed by atoms with Crippen molar-refractivity contribution in [2.75, 3.05) is 26.2 Å². The van der Waals surface area contributed by atoms with Crippen molar-refractivity contribution < 1.29 is 34.2 Å². The van der Waals surface area contributed by atoms with Crippen molar-refractivity contribution in [2.24, 2.45) is 0 Å². The van der Waals surface area contributed by atoms with E-state index in [1.165, 1.54) is 70.6 Å². The second-order valence-electron chi connectivity index (χ2n) is 8.64. The highest BCUT2D eigenvalue weighted by Crippen LogP contribution is 2.13. The summed E-state index contributed by atoms with van der Waals surface area (Å²) in [6.07, 6.45) is 20.9. The van der Waals surface area contributed by atoms with Crippen LogP contribution < -0.4 is 5.11 Å². The van der Waals surface area contributed by atoms with E-state index >= 15 is 0 Å². The monoisotopic (exact) mass is 441 g/mol. The van der Waals surface area contributed by atoms with E-state index < -0.39 is 42.0 Å². The van der Waals surface area contributed by atoms with Gasteiger partial charge in [0.15, 0.2) is 13.1 Å². The van der Waals surface area contributed by atoms with Crippen molar-refractivity contribution in [1.29, 1.82) is 0 Å². The standard InChI is InChI=1S/C24H43NO6/c1-2-3-4-5-6-7-8-9-10-11-12-13-14-15-16-17-18-25(19-22(26)27,20-23(28)29)21-24(30)31/h15-16H,2-14,17-21H2,1H3,(H2-,26,27,28,29,30,31)/b16-15+. The number of nitrogens with zero attached hydrogens (tertiary/aromatic N) is 1. The van der Waals surface area contributed by atoms with E-state index in [1.807, 2.05) is 12.2 Å². The quantitative estimate of drug-likeness (QED) is 0.150. The second-order valence-corrected chi connectivity index (χ2v) is 8.64. The minimum Gasteiger partial charge on any atom is -0.544 e. The number of quaternary nitrogens is 1. The summed E-state index contributed by atoms with van der Waals surface area (Å²) < 4.78 is -0.546. The summed E-state index contributed by atoms with van der Waals surface area (Å²) in [6.45, 7) is 0.664. The lowest BCUT2D eigenvalue weighted by Gasteiger charge is -2.35. The Morgan fingerprint density at radius 1 is 0.677 bits per heavy atom. The van der Waals surface area contributed by atoms with E-state index in [0.717, 1.165) is 12.8 Å². The van der Waals surface area contributed by atoms with Gasteiger partial charge in [-0.15, -0.1) is 0 Å². The van der Waals surface area contributed by atoms with Crippen LogP contribution in [0.25, 0.3) is 0 Å². The van der Waals surface area contributed by atoms with Crippen LogP contribution in [0.2, 0.25) is 0 Å². The first-order valence-electron chi connectivity index (χ1n) is 11.9. The number of unbranched alkanes of at least 4 members (excludes halogenated alkanes) is 12. The SMILES string of the molecule is CCCCCCCCCCCCCC/C=C/CC[N+](CC(=O)[O-])(CC(=O)O)CC(=O)O. The van der Waals surface area contributed by atoms with Crippen molar-refractivity contribution in [3.05, 3.63) is 12.2 Å². The molecular formula is C24H43NO6. The Morgan fingerprint density at radius 3 is 1.52 bits per heavy atom. The molecule has 0 saturated heterocycles. The van der Waals surface area contributed by atoms with Crippen molar-refractivity contribution >= 4 is 17.9 Å². The number of carboxylic acid groups (broad SMARTS) is 3. The minimum atomic E-state index is -1.44. The fraction of sp³-hybridized carbons (Fsp3) is 0.792. The van der Waals surface area contributed by atoms with Gasteiger partial charge in [0.05, 0.1) is 12.5 Å². The van der Waals surface area contributed by atoms with Crippen molar-refractivity contribution in [3.8, 4) is 0 Å². The number of hydrogen-bond acceptors (Lipinski definition) is 4. The van der Waals surface area contributed by atoms with Gasteiger partial charge in [-0.1, -0.05) is 89.7 Å². The largest absolute Gasteiger partial charge is 0.544 e. The first-order chi connectivity index (χ1) is 14.8. The molecule has 0 aromatic rings. The summed E-state index contributed by atoms with van der Waals surface area (Å²) in [5, 5.41) is 29.2. The van der Waals surface area contributed by atoms with Crippen LogP contribution in [-0.4, -0.2) is 58.8 Å². The van der Waals surface area contributed by atoms with Crippen LogP contribution in [-0.2, 0) is 14.4 Å². The van der Waals surface area contributed by atoms with Gasteiger partial charge in [0.1, 0.15) is 6.54 Å². The summed E-state index contributed by atoms with van der Waals surface area (Å²) in [7, 11) is 0. The maximum Gasteiger partial charge on any atom is 0.359 e. The average molecular weight is 442 g/mol. The van der Waals surface area contributed by atoms with Gasteiger partial charge in [0.2, 0.25) is 0 Å². The van der Waals surface area contributed by atoms with Crippen LogP contribution in [0.15, 0.2) is 12.2 Å². The molecule has 0 radical (unpaired) electrons. The highest BCUT2D eigenvalue weighted by Gasteiger charge is 2.33. The highest BCUT2D eigenvalue weighted by atomic mass is 16.4. The molecule has 0 aliphatic heterocycles. The summed E-state index contributed by atoms with van der Waals surface area (Å²) in [6, 6.07) is 0. The first-order valence-corrected chi connectivity index (χ1v) is 11.9. The molecule has 0 fully saturated rings. The zero-order valence-corrected chi connectivity index (χ0v) is 19.4. The predicted octanol–water partition coefficient (Wildman–Crippen LogP) is 3.76. The van der Waals surface area contributed by atoms with Crippen LogP contribution >= 0.6 is 0 Å². The number of allylic oxidation sites excluding steroid dienone is 1. The maximum absolute atomic E-state index is 11.1. The van der Waals surface area contributed by atoms with Crippen LogP contribution in [0, 0.1) is 0 Å². The van der Waals surface area contributed by atoms with Gasteiger partial charge in [-0.3, -0.25) is 0 Å². The molecule has 0 aromatic heterocycles. The summed E-state index contributed by atoms with van der Waals surface area (Å²) in [5.74, 6) is -3.88. The Balaban J connectivity index is 3.95. The molecule has 0 amide bonds. The average Bonchev–Trinajstić information content (AvgIpc) is 2.66. The van der Waals surface area contributed by atoms with Crippen LogP contribution in [0.1, 0.15) is 96.8 Å². The lowest BCUT2D eigenvalue weighted by molar-refractivity contribution is -0.908. The van der Waals surface area contributed by atoms with Gasteiger partial charge in [-0.05, 0) is 12.8 Å². The Bertz CT molecular complexity index is 491. The fourth-order valence-electron chi connectivity index (χ4n) is 3.94. The topological polar surface area (TPSA) is 115 Å². The molecule has 180 valence electrons. The van der Waals surface area contributed by atoms with Gasteiger partial charge in [-0.2, -0.15) is 0 Å². The lowest BCUT2D eigenvalue weighted by atomic mass is 10.0. The third kappa shape index (κ3) is 18.6. The molecule has 31 heavy (non-hydrogen) atoms. The summed E-state index contributed by atoms with van der Waals surface area (Å²) >= 11 is 0. The van der Waals surface area contributed by atoms with E-state index in [2.05, 4.69) is 6.92 Å². The Hall–Kier alpha value is -1.89. The molecule has 7 nitrogen and oxygen atoms in total. The number of hydrogen-bond donors (Lipinski definition) is 2. The predicted molar refractivity (Wildman–Crippen MR) is 119 cm³/mol. The zero-order chi connectivity index (χ0) is 23.4. The lowest BCUT2D eigenvalue weighted by Crippen LogP contribution is -2.59. The van der Waals surface area contributed by atoms with Crippen molar-refractivity contribution in [3.63, 3.8) is 0 Å². The van der Waals surface area contributed by atoms with E-state index in [4.69, 9.17) is 10.2 Å². The number of rotatable bonds is 22. The zero-order valence-electron chi connectivity index (χ0n) is 19.4. The Kier molecular flexibility index (Phi) is 17.7. The molecule has 0 spiro atoms. The molecule has 0 heterocycles. The highest BCUT2D eigenvalue weighted by molar-refractivity contribution is 5.72.